The SMILES string of the molecule is NS(=O)(=O)C1C=Nc2ccccc21. The molecule has 1 aliphatic rings. The number of primary sulfonamides is 1. The number of hydrogen-bond donors (Lipinski definition) is 1. The lowest BCUT2D eigenvalue weighted by molar-refractivity contribution is 0.595. The highest BCUT2D eigenvalue weighted by Gasteiger charge is 2.27. The highest BCUT2D eigenvalue weighted by molar-refractivity contribution is 7.90. The zero-order valence-electron chi connectivity index (χ0n) is 6.71. The van der Waals surface area contributed by atoms with Crippen LogP contribution >= 0.6 is 0 Å². The van der Waals surface area contributed by atoms with Crippen molar-refractivity contribution in [2.24, 2.45) is 10.1 Å². The fourth-order valence-corrected chi connectivity index (χ4v) is 2.12. The number of rotatable bonds is 1. The Hall–Kier alpha value is -1.20. The molecule has 0 saturated heterocycles. The monoisotopic (exact) mass is 196 g/mol. The van der Waals surface area contributed by atoms with E-state index in [2.05, 4.69) is 4.99 Å². The quantitative estimate of drug-likeness (QED) is 0.719. The lowest BCUT2D eigenvalue weighted by Gasteiger charge is -2.05. The Morgan fingerprint density at radius 3 is 2.69 bits per heavy atom. The Labute approximate surface area is 76.2 Å². The first-order valence-electron chi connectivity index (χ1n) is 3.74. The van der Waals surface area contributed by atoms with E-state index in [1.165, 1.54) is 6.21 Å². The summed E-state index contributed by atoms with van der Waals surface area (Å²) in [6, 6.07) is 7.06. The molecule has 0 bridgehead atoms. The lowest BCUT2D eigenvalue weighted by Crippen LogP contribution is -2.20. The maximum atomic E-state index is 11.1. The van der Waals surface area contributed by atoms with Gasteiger partial charge in [-0.15, -0.1) is 0 Å². The second kappa shape index (κ2) is 2.65. The van der Waals surface area contributed by atoms with Crippen LogP contribution in [0.5, 0.6) is 0 Å². The van der Waals surface area contributed by atoms with E-state index in [1.807, 2.05) is 6.07 Å². The summed E-state index contributed by atoms with van der Waals surface area (Å²) in [5.74, 6) is 0. The van der Waals surface area contributed by atoms with E-state index < -0.39 is 15.3 Å². The van der Waals surface area contributed by atoms with Crippen molar-refractivity contribution in [3.05, 3.63) is 29.8 Å². The van der Waals surface area contributed by atoms with Crippen molar-refractivity contribution in [3.8, 4) is 0 Å². The van der Waals surface area contributed by atoms with Gasteiger partial charge in [-0.1, -0.05) is 18.2 Å². The Morgan fingerprint density at radius 2 is 2.00 bits per heavy atom. The summed E-state index contributed by atoms with van der Waals surface area (Å²) in [7, 11) is -3.57. The van der Waals surface area contributed by atoms with Crippen molar-refractivity contribution in [1.29, 1.82) is 0 Å². The van der Waals surface area contributed by atoms with E-state index >= 15 is 0 Å². The first-order chi connectivity index (χ1) is 6.09. The van der Waals surface area contributed by atoms with Gasteiger partial charge in [0.2, 0.25) is 10.0 Å². The van der Waals surface area contributed by atoms with Gasteiger partial charge in [-0.05, 0) is 6.07 Å². The predicted octanol–water partition coefficient (Wildman–Crippen LogP) is 0.732. The summed E-state index contributed by atoms with van der Waals surface area (Å²) in [5.41, 5.74) is 1.34. The van der Waals surface area contributed by atoms with E-state index in [-0.39, 0.29) is 0 Å². The third kappa shape index (κ3) is 1.36. The van der Waals surface area contributed by atoms with Crippen LogP contribution in [0.2, 0.25) is 0 Å². The average Bonchev–Trinajstić information content (AvgIpc) is 2.45. The molecule has 0 radical (unpaired) electrons. The molecular weight excluding hydrogens is 188 g/mol. The Bertz CT molecular complexity index is 465. The summed E-state index contributed by atoms with van der Waals surface area (Å²) in [6.45, 7) is 0. The normalized spacial score (nSPS) is 20.2. The maximum absolute atomic E-state index is 11.1. The van der Waals surface area contributed by atoms with Crippen LogP contribution in [0.3, 0.4) is 0 Å². The Morgan fingerprint density at radius 1 is 1.31 bits per heavy atom. The van der Waals surface area contributed by atoms with E-state index in [4.69, 9.17) is 5.14 Å². The fourth-order valence-electron chi connectivity index (χ4n) is 1.34. The molecule has 4 nitrogen and oxygen atoms in total. The molecule has 0 fully saturated rings. The van der Waals surface area contributed by atoms with E-state index in [1.54, 1.807) is 18.2 Å². The Kier molecular flexibility index (Phi) is 1.71. The minimum Gasteiger partial charge on any atom is -0.259 e. The van der Waals surface area contributed by atoms with Gasteiger partial charge in [0.05, 0.1) is 5.69 Å². The summed E-state index contributed by atoms with van der Waals surface area (Å²) in [5, 5.41) is 4.26. The molecule has 0 amide bonds. The number of para-hydroxylation sites is 1. The molecule has 0 saturated carbocycles. The molecule has 1 heterocycles. The number of nitrogens with zero attached hydrogens (tertiary/aromatic N) is 1. The second-order valence-electron chi connectivity index (χ2n) is 2.85. The first kappa shape index (κ1) is 8.40. The lowest BCUT2D eigenvalue weighted by atomic mass is 10.1. The van der Waals surface area contributed by atoms with Gasteiger partial charge in [-0.3, -0.25) is 4.99 Å². The number of benzene rings is 1. The smallest absolute Gasteiger partial charge is 0.221 e. The van der Waals surface area contributed by atoms with Crippen molar-refractivity contribution in [3.63, 3.8) is 0 Å². The van der Waals surface area contributed by atoms with Gasteiger partial charge in [0.15, 0.2) is 0 Å². The summed E-state index contributed by atoms with van der Waals surface area (Å²) in [4.78, 5) is 3.96. The third-order valence-corrected chi connectivity index (χ3v) is 3.03. The molecular formula is C8H8N2O2S. The van der Waals surface area contributed by atoms with Crippen LogP contribution in [0.15, 0.2) is 29.3 Å². The van der Waals surface area contributed by atoms with Gasteiger partial charge in [0, 0.05) is 11.8 Å². The van der Waals surface area contributed by atoms with Crippen LogP contribution < -0.4 is 5.14 Å². The summed E-state index contributed by atoms with van der Waals surface area (Å²) in [6.07, 6.45) is 1.36. The molecule has 2 N–H and O–H groups in total. The van der Waals surface area contributed by atoms with Crippen LogP contribution in [-0.4, -0.2) is 14.6 Å². The summed E-state index contributed by atoms with van der Waals surface area (Å²) >= 11 is 0. The van der Waals surface area contributed by atoms with Crippen LogP contribution in [0.25, 0.3) is 0 Å². The molecule has 68 valence electrons. The molecule has 5 heteroatoms. The summed E-state index contributed by atoms with van der Waals surface area (Å²) < 4.78 is 22.2. The molecule has 0 aromatic heterocycles. The topological polar surface area (TPSA) is 72.5 Å². The van der Waals surface area contributed by atoms with Gasteiger partial charge in [0.1, 0.15) is 5.25 Å². The van der Waals surface area contributed by atoms with Crippen molar-refractivity contribution in [1.82, 2.24) is 0 Å². The molecule has 0 aliphatic carbocycles. The van der Waals surface area contributed by atoms with E-state index in [0.717, 1.165) is 0 Å². The number of aliphatic imine (C=N–C) groups is 1. The van der Waals surface area contributed by atoms with Crippen molar-refractivity contribution in [2.45, 2.75) is 5.25 Å². The first-order valence-corrected chi connectivity index (χ1v) is 5.35. The molecule has 1 aromatic carbocycles. The zero-order chi connectivity index (χ0) is 9.47. The molecule has 2 rings (SSSR count). The van der Waals surface area contributed by atoms with E-state index in [0.29, 0.717) is 11.3 Å². The predicted molar refractivity (Wildman–Crippen MR) is 50.4 cm³/mol. The van der Waals surface area contributed by atoms with E-state index in [9.17, 15) is 8.42 Å². The highest BCUT2D eigenvalue weighted by atomic mass is 32.2. The highest BCUT2D eigenvalue weighted by Crippen LogP contribution is 2.33. The van der Waals surface area contributed by atoms with Gasteiger partial charge in [0.25, 0.3) is 0 Å². The molecule has 0 spiro atoms. The van der Waals surface area contributed by atoms with Gasteiger partial charge < -0.3 is 0 Å². The van der Waals surface area contributed by atoms with Gasteiger partial charge in [-0.2, -0.15) is 0 Å². The zero-order valence-corrected chi connectivity index (χ0v) is 7.53. The molecule has 1 aliphatic heterocycles. The third-order valence-electron chi connectivity index (χ3n) is 1.95. The molecule has 1 atom stereocenters. The largest absolute Gasteiger partial charge is 0.259 e. The van der Waals surface area contributed by atoms with Gasteiger partial charge in [-0.25, -0.2) is 13.6 Å². The van der Waals surface area contributed by atoms with Crippen LogP contribution in [-0.2, 0) is 10.0 Å². The second-order valence-corrected chi connectivity index (χ2v) is 4.53. The molecule has 1 aromatic rings. The van der Waals surface area contributed by atoms with Crippen LogP contribution in [0.1, 0.15) is 10.8 Å². The maximum Gasteiger partial charge on any atom is 0.221 e. The standard InChI is InChI=1S/C8H8N2O2S/c9-13(11,12)8-5-10-7-4-2-1-3-6(7)8/h1-5,8H,(H2,9,11,12). The van der Waals surface area contributed by atoms with Crippen molar-refractivity contribution >= 4 is 21.9 Å². The van der Waals surface area contributed by atoms with Crippen molar-refractivity contribution < 1.29 is 8.42 Å². The number of sulfonamides is 1. The minimum atomic E-state index is -3.57. The van der Waals surface area contributed by atoms with Crippen LogP contribution in [0, 0.1) is 0 Å². The molecule has 13 heavy (non-hydrogen) atoms. The Balaban J connectivity index is 2.57. The number of fused-ring (bicyclic) bond motifs is 1. The average molecular weight is 196 g/mol. The minimum absolute atomic E-state index is 0.657. The van der Waals surface area contributed by atoms with Crippen LogP contribution in [0.4, 0.5) is 5.69 Å². The number of hydrogen-bond acceptors (Lipinski definition) is 3. The molecule has 1 unspecified atom stereocenters. The fraction of sp³-hybridized carbons (Fsp3) is 0.125. The number of nitrogens with two attached hydrogens (primary N) is 1. The van der Waals surface area contributed by atoms with Gasteiger partial charge >= 0.3 is 0 Å². The van der Waals surface area contributed by atoms with Crippen molar-refractivity contribution in [2.75, 3.05) is 0 Å².